The van der Waals surface area contributed by atoms with Crippen molar-refractivity contribution >= 4 is 0 Å². The number of aryl methyl sites for hydroxylation is 5. The summed E-state index contributed by atoms with van der Waals surface area (Å²) in [6.45, 7) is 15.1. The fraction of sp³-hybridized carbons (Fsp3) is 0.222. The zero-order chi connectivity index (χ0) is 27.0. The number of hydrogen-bond acceptors (Lipinski definition) is 2. The van der Waals surface area contributed by atoms with Crippen LogP contribution >= 0.6 is 0 Å². The molecule has 199 valence electrons. The van der Waals surface area contributed by atoms with Crippen LogP contribution in [0.2, 0.25) is 0 Å². The van der Waals surface area contributed by atoms with Crippen molar-refractivity contribution in [2.45, 2.75) is 53.9 Å². The van der Waals surface area contributed by atoms with E-state index in [4.69, 9.17) is 0 Å². The van der Waals surface area contributed by atoms with E-state index in [1.807, 2.05) is 30.6 Å². The van der Waals surface area contributed by atoms with E-state index in [1.54, 1.807) is 0 Å². The number of aromatic nitrogens is 2. The van der Waals surface area contributed by atoms with Gasteiger partial charge in [-0.1, -0.05) is 80.8 Å². The van der Waals surface area contributed by atoms with Gasteiger partial charge in [0.15, 0.2) is 0 Å². The van der Waals surface area contributed by atoms with Gasteiger partial charge < -0.3 is 9.97 Å². The number of benzene rings is 3. The van der Waals surface area contributed by atoms with Crippen molar-refractivity contribution in [1.29, 1.82) is 0 Å². The van der Waals surface area contributed by atoms with E-state index in [1.165, 1.54) is 50.1 Å². The standard InChI is InChI=1S/C21H18N.C15H16N.Ir/c1-14-11-12-22-19(13-14)17-9-6-8-16-15-7-4-5-10-18(15)21(2,3)20(16)17;1-10-5-6-14(7-11(10)2)15-8-12(3)13(4)9-16-15;/h4-8,10-13H,1-3H3;5,7-9H,1-4H3;/q2*-1;. The van der Waals surface area contributed by atoms with Gasteiger partial charge in [0.1, 0.15) is 0 Å². The van der Waals surface area contributed by atoms with Crippen LogP contribution in [-0.4, -0.2) is 9.97 Å². The molecule has 2 heterocycles. The van der Waals surface area contributed by atoms with Crippen molar-refractivity contribution in [1.82, 2.24) is 9.97 Å². The first-order valence-corrected chi connectivity index (χ1v) is 13.2. The molecule has 0 unspecified atom stereocenters. The first-order valence-electron chi connectivity index (χ1n) is 13.2. The summed E-state index contributed by atoms with van der Waals surface area (Å²) in [5.41, 5.74) is 15.9. The fourth-order valence-corrected chi connectivity index (χ4v) is 5.24. The second-order valence-corrected chi connectivity index (χ2v) is 10.9. The van der Waals surface area contributed by atoms with E-state index in [0.717, 1.165) is 22.5 Å². The summed E-state index contributed by atoms with van der Waals surface area (Å²) in [5, 5.41) is 0. The van der Waals surface area contributed by atoms with Crippen LogP contribution < -0.4 is 0 Å². The van der Waals surface area contributed by atoms with Crippen molar-refractivity contribution in [3.8, 4) is 33.6 Å². The molecular weight excluding hydrogens is 653 g/mol. The van der Waals surface area contributed by atoms with Crippen LogP contribution in [0.1, 0.15) is 52.8 Å². The van der Waals surface area contributed by atoms with E-state index >= 15 is 0 Å². The van der Waals surface area contributed by atoms with E-state index in [-0.39, 0.29) is 25.5 Å². The zero-order valence-corrected chi connectivity index (χ0v) is 26.1. The predicted molar refractivity (Wildman–Crippen MR) is 158 cm³/mol. The molecule has 1 aliphatic carbocycles. The van der Waals surface area contributed by atoms with Gasteiger partial charge in [0, 0.05) is 32.5 Å². The molecule has 39 heavy (non-hydrogen) atoms. The summed E-state index contributed by atoms with van der Waals surface area (Å²) < 4.78 is 0. The SMILES string of the molecule is Cc1c[c-]c(-c2cc(C)c(C)cn2)cc1C.Cc1ccnc(-c2[c-]ccc3c2C(C)(C)c2ccccc2-3)c1.[Ir]. The van der Waals surface area contributed by atoms with Crippen molar-refractivity contribution in [3.63, 3.8) is 0 Å². The Hall–Kier alpha value is -3.39. The maximum atomic E-state index is 4.58. The van der Waals surface area contributed by atoms with Crippen LogP contribution in [0.5, 0.6) is 0 Å². The summed E-state index contributed by atoms with van der Waals surface area (Å²) in [5.74, 6) is 0. The monoisotopic (exact) mass is 687 g/mol. The van der Waals surface area contributed by atoms with Gasteiger partial charge in [-0.05, 0) is 60.3 Å². The summed E-state index contributed by atoms with van der Waals surface area (Å²) >= 11 is 0. The third-order valence-electron chi connectivity index (χ3n) is 7.76. The van der Waals surface area contributed by atoms with Gasteiger partial charge in [-0.2, -0.15) is 0 Å². The number of hydrogen-bond donors (Lipinski definition) is 0. The first-order chi connectivity index (χ1) is 18.2. The largest absolute Gasteiger partial charge is 0.305 e. The summed E-state index contributed by atoms with van der Waals surface area (Å²) in [7, 11) is 0. The molecule has 5 aromatic rings. The van der Waals surface area contributed by atoms with Gasteiger partial charge in [-0.3, -0.25) is 0 Å². The van der Waals surface area contributed by atoms with E-state index < -0.39 is 0 Å². The maximum absolute atomic E-state index is 4.58. The Kier molecular flexibility index (Phi) is 8.35. The topological polar surface area (TPSA) is 25.8 Å². The van der Waals surface area contributed by atoms with Crippen LogP contribution in [0.15, 0.2) is 79.1 Å². The average molecular weight is 687 g/mol. The van der Waals surface area contributed by atoms with Crippen LogP contribution in [0.4, 0.5) is 0 Å². The van der Waals surface area contributed by atoms with Gasteiger partial charge in [-0.15, -0.1) is 64.2 Å². The normalized spacial score (nSPS) is 12.5. The quantitative estimate of drug-likeness (QED) is 0.173. The van der Waals surface area contributed by atoms with Crippen LogP contribution in [0.25, 0.3) is 33.6 Å². The molecule has 0 spiro atoms. The Morgan fingerprint density at radius 1 is 0.692 bits per heavy atom. The molecule has 0 saturated heterocycles. The van der Waals surface area contributed by atoms with Gasteiger partial charge in [0.05, 0.1) is 0 Å². The third-order valence-corrected chi connectivity index (χ3v) is 7.76. The second kappa shape index (κ2) is 11.4. The molecule has 0 aliphatic heterocycles. The molecule has 2 aromatic heterocycles. The van der Waals surface area contributed by atoms with Crippen LogP contribution in [0.3, 0.4) is 0 Å². The molecular formula is C36H34IrN2-2. The van der Waals surface area contributed by atoms with E-state index in [2.05, 4.69) is 119 Å². The molecule has 1 radical (unpaired) electrons. The van der Waals surface area contributed by atoms with Crippen molar-refractivity contribution in [2.75, 3.05) is 0 Å². The van der Waals surface area contributed by atoms with Crippen molar-refractivity contribution in [3.05, 3.63) is 130 Å². The minimum Gasteiger partial charge on any atom is -0.305 e. The molecule has 0 N–H and O–H groups in total. The van der Waals surface area contributed by atoms with E-state index in [0.29, 0.717) is 0 Å². The average Bonchev–Trinajstić information content (AvgIpc) is 3.15. The smallest absolute Gasteiger partial charge is 0.0192 e. The molecule has 3 aromatic carbocycles. The second-order valence-electron chi connectivity index (χ2n) is 10.9. The van der Waals surface area contributed by atoms with Crippen LogP contribution in [-0.2, 0) is 25.5 Å². The van der Waals surface area contributed by atoms with Gasteiger partial charge >= 0.3 is 0 Å². The molecule has 0 bridgehead atoms. The maximum Gasteiger partial charge on any atom is 0.0192 e. The van der Waals surface area contributed by atoms with Crippen LogP contribution in [0, 0.1) is 46.8 Å². The number of nitrogens with zero attached hydrogens (tertiary/aromatic N) is 2. The molecule has 0 fully saturated rings. The molecule has 0 saturated carbocycles. The summed E-state index contributed by atoms with van der Waals surface area (Å²) in [4.78, 5) is 9.03. The Morgan fingerprint density at radius 3 is 2.15 bits per heavy atom. The predicted octanol–water partition coefficient (Wildman–Crippen LogP) is 8.94. The summed E-state index contributed by atoms with van der Waals surface area (Å²) in [6.07, 6.45) is 3.81. The minimum atomic E-state index is -0.0234. The molecule has 2 nitrogen and oxygen atoms in total. The number of fused-ring (bicyclic) bond motifs is 3. The summed E-state index contributed by atoms with van der Waals surface area (Å²) in [6, 6.07) is 30.1. The van der Waals surface area contributed by atoms with Crippen molar-refractivity contribution in [2.24, 2.45) is 0 Å². The Morgan fingerprint density at radius 2 is 1.44 bits per heavy atom. The molecule has 1 aliphatic rings. The van der Waals surface area contributed by atoms with Gasteiger partial charge in [-0.25, -0.2) is 0 Å². The minimum absolute atomic E-state index is 0. The van der Waals surface area contributed by atoms with Gasteiger partial charge in [0.25, 0.3) is 0 Å². The van der Waals surface area contributed by atoms with E-state index in [9.17, 15) is 0 Å². The Balaban J connectivity index is 0.000000186. The molecule has 0 amide bonds. The molecule has 6 rings (SSSR count). The number of pyridine rings is 2. The Bertz CT molecular complexity index is 1600. The van der Waals surface area contributed by atoms with Gasteiger partial charge in [0.2, 0.25) is 0 Å². The third kappa shape index (κ3) is 5.53. The molecule has 3 heteroatoms. The van der Waals surface area contributed by atoms with Crippen molar-refractivity contribution < 1.29 is 20.1 Å². The molecule has 0 atom stereocenters. The Labute approximate surface area is 246 Å². The first kappa shape index (κ1) is 28.6. The number of rotatable bonds is 2. The zero-order valence-electron chi connectivity index (χ0n) is 23.7. The fourth-order valence-electron chi connectivity index (χ4n) is 5.24.